The van der Waals surface area contributed by atoms with Crippen molar-refractivity contribution in [2.24, 2.45) is 0 Å². The predicted octanol–water partition coefficient (Wildman–Crippen LogP) is 2.27. The summed E-state index contributed by atoms with van der Waals surface area (Å²) in [4.78, 5) is 10.4. The molecule has 1 N–H and O–H groups in total. The van der Waals surface area contributed by atoms with Crippen LogP contribution in [0.1, 0.15) is 11.5 Å². The summed E-state index contributed by atoms with van der Waals surface area (Å²) in [6.45, 7) is 0. The van der Waals surface area contributed by atoms with Crippen LogP contribution in [-0.4, -0.2) is 12.5 Å². The van der Waals surface area contributed by atoms with E-state index in [1.54, 1.807) is 24.3 Å². The molecule has 0 saturated heterocycles. The molecule has 0 fully saturated rings. The van der Waals surface area contributed by atoms with E-state index in [9.17, 15) is 4.79 Å². The molecular formula is C9H8ClNO. The summed E-state index contributed by atoms with van der Waals surface area (Å²) >= 11 is 5.66. The molecule has 0 bridgehead atoms. The summed E-state index contributed by atoms with van der Waals surface area (Å²) in [7, 11) is 0. The van der Waals surface area contributed by atoms with Gasteiger partial charge in [0, 0.05) is 11.2 Å². The van der Waals surface area contributed by atoms with E-state index in [2.05, 4.69) is 0 Å². The molecule has 0 radical (unpaired) electrons. The second-order valence-corrected chi connectivity index (χ2v) is 2.82. The zero-order chi connectivity index (χ0) is 8.97. The number of rotatable bonds is 3. The highest BCUT2D eigenvalue weighted by Gasteiger charge is 2.05. The Morgan fingerprint density at radius 3 is 2.33 bits per heavy atom. The highest BCUT2D eigenvalue weighted by atomic mass is 35.5. The third kappa shape index (κ3) is 1.92. The molecule has 0 amide bonds. The zero-order valence-electron chi connectivity index (χ0n) is 6.33. The lowest BCUT2D eigenvalue weighted by atomic mass is 10.0. The monoisotopic (exact) mass is 181 g/mol. The molecule has 0 aliphatic carbocycles. The fourth-order valence-corrected chi connectivity index (χ4v) is 1.03. The molecule has 1 rings (SSSR count). The number of hydrogen-bond acceptors (Lipinski definition) is 2. The maximum absolute atomic E-state index is 10.4. The molecule has 62 valence electrons. The minimum absolute atomic E-state index is 0.442. The van der Waals surface area contributed by atoms with Crippen LogP contribution in [0.4, 0.5) is 0 Å². The first-order valence-corrected chi connectivity index (χ1v) is 3.87. The highest BCUT2D eigenvalue weighted by Crippen LogP contribution is 2.15. The normalized spacial score (nSPS) is 12.1. The molecule has 0 aliphatic heterocycles. The summed E-state index contributed by atoms with van der Waals surface area (Å²) in [5.74, 6) is -0.442. The molecule has 0 heterocycles. The van der Waals surface area contributed by atoms with Crippen molar-refractivity contribution in [3.8, 4) is 0 Å². The number of benzene rings is 1. The Hall–Kier alpha value is -1.15. The minimum Gasteiger partial charge on any atom is -0.312 e. The van der Waals surface area contributed by atoms with E-state index in [1.807, 2.05) is 0 Å². The van der Waals surface area contributed by atoms with E-state index in [-0.39, 0.29) is 0 Å². The van der Waals surface area contributed by atoms with E-state index in [0.717, 1.165) is 18.1 Å². The second-order valence-electron chi connectivity index (χ2n) is 2.38. The fourth-order valence-electron chi connectivity index (χ4n) is 0.899. The Bertz CT molecular complexity index is 273. The Morgan fingerprint density at radius 2 is 1.92 bits per heavy atom. The van der Waals surface area contributed by atoms with Crippen molar-refractivity contribution in [2.75, 3.05) is 0 Å². The first kappa shape index (κ1) is 8.94. The highest BCUT2D eigenvalue weighted by molar-refractivity contribution is 6.30. The molecule has 2 nitrogen and oxygen atoms in total. The van der Waals surface area contributed by atoms with Crippen LogP contribution in [0.2, 0.25) is 5.02 Å². The number of carbonyl (C=O) groups excluding carboxylic acids is 1. The quantitative estimate of drug-likeness (QED) is 0.564. The average Bonchev–Trinajstić information content (AvgIpc) is 2.10. The van der Waals surface area contributed by atoms with Gasteiger partial charge < -0.3 is 10.2 Å². The van der Waals surface area contributed by atoms with Gasteiger partial charge in [0.2, 0.25) is 0 Å². The molecule has 12 heavy (non-hydrogen) atoms. The van der Waals surface area contributed by atoms with Gasteiger partial charge in [0.15, 0.2) is 0 Å². The van der Waals surface area contributed by atoms with Gasteiger partial charge >= 0.3 is 0 Å². The molecule has 0 aliphatic rings. The molecule has 1 atom stereocenters. The van der Waals surface area contributed by atoms with E-state index in [1.165, 1.54) is 0 Å². The van der Waals surface area contributed by atoms with Gasteiger partial charge in [-0.1, -0.05) is 23.7 Å². The molecule has 1 aromatic rings. The van der Waals surface area contributed by atoms with Crippen molar-refractivity contribution in [1.29, 1.82) is 5.41 Å². The van der Waals surface area contributed by atoms with E-state index in [4.69, 9.17) is 17.0 Å². The third-order valence-corrected chi connectivity index (χ3v) is 1.83. The van der Waals surface area contributed by atoms with Gasteiger partial charge in [-0.2, -0.15) is 0 Å². The Labute approximate surface area is 75.7 Å². The largest absolute Gasteiger partial charge is 0.312 e. The van der Waals surface area contributed by atoms with Crippen molar-refractivity contribution in [3.63, 3.8) is 0 Å². The maximum atomic E-state index is 10.4. The van der Waals surface area contributed by atoms with E-state index >= 15 is 0 Å². The summed E-state index contributed by atoms with van der Waals surface area (Å²) < 4.78 is 0. The van der Waals surface area contributed by atoms with Crippen LogP contribution in [0.25, 0.3) is 0 Å². The van der Waals surface area contributed by atoms with Crippen LogP contribution >= 0.6 is 11.6 Å². The molecule has 0 spiro atoms. The lowest BCUT2D eigenvalue weighted by Crippen LogP contribution is -1.99. The smallest absolute Gasteiger partial charge is 0.132 e. The van der Waals surface area contributed by atoms with Crippen LogP contribution in [0, 0.1) is 5.41 Å². The van der Waals surface area contributed by atoms with Gasteiger partial charge in [0.1, 0.15) is 6.29 Å². The standard InChI is InChI=1S/C9H8ClNO/c10-9-3-1-7(2-4-9)8(5-11)6-12/h1-6,8,11H. The average molecular weight is 182 g/mol. The lowest BCUT2D eigenvalue weighted by molar-refractivity contribution is -0.107. The number of aldehydes is 1. The van der Waals surface area contributed by atoms with Gasteiger partial charge in [0.05, 0.1) is 5.92 Å². The van der Waals surface area contributed by atoms with Crippen molar-refractivity contribution in [2.45, 2.75) is 5.92 Å². The van der Waals surface area contributed by atoms with Gasteiger partial charge in [-0.05, 0) is 17.7 Å². The Morgan fingerprint density at radius 1 is 1.33 bits per heavy atom. The summed E-state index contributed by atoms with van der Waals surface area (Å²) in [5, 5.41) is 7.59. The maximum Gasteiger partial charge on any atom is 0.132 e. The third-order valence-electron chi connectivity index (χ3n) is 1.58. The number of hydrogen-bond donors (Lipinski definition) is 1. The predicted molar refractivity (Wildman–Crippen MR) is 49.0 cm³/mol. The minimum atomic E-state index is -0.442. The SMILES string of the molecule is N=CC(C=O)c1ccc(Cl)cc1. The molecule has 1 unspecified atom stereocenters. The number of halogens is 1. The van der Waals surface area contributed by atoms with Crippen molar-refractivity contribution < 1.29 is 4.79 Å². The zero-order valence-corrected chi connectivity index (χ0v) is 7.08. The molecule has 1 aromatic carbocycles. The van der Waals surface area contributed by atoms with Crippen LogP contribution in [0.3, 0.4) is 0 Å². The molecule has 0 saturated carbocycles. The van der Waals surface area contributed by atoms with Crippen molar-refractivity contribution in [1.82, 2.24) is 0 Å². The van der Waals surface area contributed by atoms with Gasteiger partial charge in [-0.25, -0.2) is 0 Å². The summed E-state index contributed by atoms with van der Waals surface area (Å²) in [6.07, 6.45) is 1.84. The van der Waals surface area contributed by atoms with Gasteiger partial charge in [-0.3, -0.25) is 0 Å². The van der Waals surface area contributed by atoms with Crippen LogP contribution in [-0.2, 0) is 4.79 Å². The molecular weight excluding hydrogens is 174 g/mol. The van der Waals surface area contributed by atoms with Gasteiger partial charge in [-0.15, -0.1) is 0 Å². The second kappa shape index (κ2) is 4.02. The summed E-state index contributed by atoms with van der Waals surface area (Å²) in [6, 6.07) is 6.90. The van der Waals surface area contributed by atoms with Gasteiger partial charge in [0.25, 0.3) is 0 Å². The Balaban J connectivity index is 2.94. The summed E-state index contributed by atoms with van der Waals surface area (Å²) in [5.41, 5.74) is 0.796. The molecule has 0 aromatic heterocycles. The first-order chi connectivity index (χ1) is 5.77. The molecule has 3 heteroatoms. The first-order valence-electron chi connectivity index (χ1n) is 3.49. The number of nitrogens with one attached hydrogen (secondary N) is 1. The lowest BCUT2D eigenvalue weighted by Gasteiger charge is -2.02. The van der Waals surface area contributed by atoms with Crippen LogP contribution in [0.5, 0.6) is 0 Å². The van der Waals surface area contributed by atoms with E-state index in [0.29, 0.717) is 5.02 Å². The topological polar surface area (TPSA) is 40.9 Å². The van der Waals surface area contributed by atoms with Crippen molar-refractivity contribution in [3.05, 3.63) is 34.9 Å². The Kier molecular flexibility index (Phi) is 3.00. The van der Waals surface area contributed by atoms with Crippen LogP contribution in [0.15, 0.2) is 24.3 Å². The van der Waals surface area contributed by atoms with Crippen LogP contribution < -0.4 is 0 Å². The van der Waals surface area contributed by atoms with E-state index < -0.39 is 5.92 Å². The van der Waals surface area contributed by atoms with Crippen molar-refractivity contribution >= 4 is 24.1 Å². The fraction of sp³-hybridized carbons (Fsp3) is 0.111. The number of carbonyl (C=O) groups is 1.